The SMILES string of the molecule is C=C(NCC(CC)CC(=O)CC)C(C)F.CN/C=C(\N)CNc1ccc(-c2ccc(C)cc2C)cc1. The molecule has 0 saturated heterocycles. The van der Waals surface area contributed by atoms with Crippen LogP contribution < -0.4 is 21.7 Å². The van der Waals surface area contributed by atoms with Gasteiger partial charge in [0.05, 0.1) is 6.54 Å². The Balaban J connectivity index is 0.000000384. The van der Waals surface area contributed by atoms with Crippen LogP contribution in [0.4, 0.5) is 10.1 Å². The Labute approximate surface area is 217 Å². The summed E-state index contributed by atoms with van der Waals surface area (Å²) in [4.78, 5) is 11.2. The summed E-state index contributed by atoms with van der Waals surface area (Å²) < 4.78 is 12.7. The zero-order chi connectivity index (χ0) is 27.1. The van der Waals surface area contributed by atoms with Gasteiger partial charge in [0.2, 0.25) is 0 Å². The number of carbonyl (C=O) groups is 1. The van der Waals surface area contributed by atoms with E-state index >= 15 is 0 Å². The van der Waals surface area contributed by atoms with Crippen LogP contribution in [-0.2, 0) is 4.79 Å². The predicted octanol–water partition coefficient (Wildman–Crippen LogP) is 6.24. The van der Waals surface area contributed by atoms with Gasteiger partial charge in [-0.3, -0.25) is 4.79 Å². The van der Waals surface area contributed by atoms with Crippen molar-refractivity contribution in [2.75, 3.05) is 25.5 Å². The van der Waals surface area contributed by atoms with E-state index < -0.39 is 6.17 Å². The van der Waals surface area contributed by atoms with E-state index in [1.54, 1.807) is 6.20 Å². The van der Waals surface area contributed by atoms with Crippen LogP contribution in [0.5, 0.6) is 0 Å². The first-order valence-corrected chi connectivity index (χ1v) is 12.7. The number of Topliss-reactive ketones (excluding diaryl/α,β-unsaturated/α-hetero) is 1. The number of nitrogens with two attached hydrogens (primary N) is 1. The lowest BCUT2D eigenvalue weighted by molar-refractivity contribution is -0.119. The molecule has 0 amide bonds. The molecule has 5 nitrogen and oxygen atoms in total. The van der Waals surface area contributed by atoms with Gasteiger partial charge in [-0.2, -0.15) is 0 Å². The number of hydrogen-bond acceptors (Lipinski definition) is 5. The fraction of sp³-hybridized carbons (Fsp3) is 0.433. The molecular weight excluding hydrogens is 451 g/mol. The highest BCUT2D eigenvalue weighted by Gasteiger charge is 2.12. The number of halogens is 1. The van der Waals surface area contributed by atoms with Crippen molar-refractivity contribution >= 4 is 11.5 Å². The van der Waals surface area contributed by atoms with Gasteiger partial charge in [-0.1, -0.05) is 62.7 Å². The van der Waals surface area contributed by atoms with Crippen LogP contribution in [-0.4, -0.2) is 32.1 Å². The molecule has 2 rings (SSSR count). The van der Waals surface area contributed by atoms with E-state index in [9.17, 15) is 9.18 Å². The summed E-state index contributed by atoms with van der Waals surface area (Å²) in [5, 5.41) is 9.16. The second kappa shape index (κ2) is 16.4. The summed E-state index contributed by atoms with van der Waals surface area (Å²) >= 11 is 0. The van der Waals surface area contributed by atoms with Crippen molar-refractivity contribution in [1.29, 1.82) is 0 Å². The third-order valence-corrected chi connectivity index (χ3v) is 5.99. The largest absolute Gasteiger partial charge is 0.399 e. The molecule has 198 valence electrons. The summed E-state index contributed by atoms with van der Waals surface area (Å²) in [6, 6.07) is 15.0. The van der Waals surface area contributed by atoms with Crippen molar-refractivity contribution in [2.45, 2.75) is 60.1 Å². The van der Waals surface area contributed by atoms with Crippen molar-refractivity contribution in [3.05, 3.63) is 77.8 Å². The minimum atomic E-state index is -1.04. The molecule has 0 aromatic heterocycles. The minimum absolute atomic E-state index is 0.266. The number of benzene rings is 2. The molecule has 0 fully saturated rings. The maximum Gasteiger partial charge on any atom is 0.136 e. The summed E-state index contributed by atoms with van der Waals surface area (Å²) in [6.45, 7) is 14.5. The van der Waals surface area contributed by atoms with Crippen LogP contribution in [0, 0.1) is 19.8 Å². The monoisotopic (exact) mass is 496 g/mol. The van der Waals surface area contributed by atoms with Gasteiger partial charge >= 0.3 is 0 Å². The minimum Gasteiger partial charge on any atom is -0.399 e. The Morgan fingerprint density at radius 2 is 1.81 bits per heavy atom. The van der Waals surface area contributed by atoms with Crippen LogP contribution >= 0.6 is 0 Å². The van der Waals surface area contributed by atoms with Gasteiger partial charge in [-0.05, 0) is 55.5 Å². The molecule has 36 heavy (non-hydrogen) atoms. The third kappa shape index (κ3) is 11.4. The van der Waals surface area contributed by atoms with E-state index in [1.807, 2.05) is 20.9 Å². The summed E-state index contributed by atoms with van der Waals surface area (Å²) in [5.74, 6) is 0.551. The highest BCUT2D eigenvalue weighted by molar-refractivity contribution is 5.78. The maximum absolute atomic E-state index is 12.7. The Hall–Kier alpha value is -3.28. The zero-order valence-electron chi connectivity index (χ0n) is 22.9. The summed E-state index contributed by atoms with van der Waals surface area (Å²) in [6.07, 6.45) is 2.83. The number of hydrogen-bond donors (Lipinski definition) is 4. The third-order valence-electron chi connectivity index (χ3n) is 5.99. The fourth-order valence-corrected chi connectivity index (χ4v) is 3.59. The van der Waals surface area contributed by atoms with Gasteiger partial charge in [0, 0.05) is 49.7 Å². The molecule has 2 unspecified atom stereocenters. The van der Waals surface area contributed by atoms with Gasteiger partial charge in [0.25, 0.3) is 0 Å². The molecule has 0 aliphatic rings. The Morgan fingerprint density at radius 3 is 2.33 bits per heavy atom. The standard InChI is InChI=1S/C18H23N3.C12H22FNO/c1-13-4-9-18(14(2)10-13)15-5-7-17(8-6-15)21-12-16(19)11-20-3;1-5-11(7-12(15)6-2)8-14-10(4)9(3)13/h4-11,20-21H,12,19H2,1-3H3;9,11,14H,4-8H2,1-3H3/b16-11-;. The molecule has 6 heteroatoms. The molecule has 0 aliphatic heterocycles. The first-order valence-electron chi connectivity index (χ1n) is 12.7. The van der Waals surface area contributed by atoms with Crippen molar-refractivity contribution in [2.24, 2.45) is 11.7 Å². The van der Waals surface area contributed by atoms with Crippen LogP contribution in [0.2, 0.25) is 0 Å². The molecular formula is C30H45FN4O. The van der Waals surface area contributed by atoms with Crippen LogP contribution in [0.25, 0.3) is 11.1 Å². The number of ketones is 1. The molecule has 0 spiro atoms. The lowest BCUT2D eigenvalue weighted by atomic mass is 9.98. The number of aryl methyl sites for hydroxylation is 2. The number of anilines is 1. The van der Waals surface area contributed by atoms with Crippen molar-refractivity contribution in [3.8, 4) is 11.1 Å². The van der Waals surface area contributed by atoms with Crippen molar-refractivity contribution in [1.82, 2.24) is 10.6 Å². The number of rotatable bonds is 13. The predicted molar refractivity (Wildman–Crippen MR) is 153 cm³/mol. The van der Waals surface area contributed by atoms with Gasteiger partial charge in [-0.15, -0.1) is 0 Å². The molecule has 0 radical (unpaired) electrons. The highest BCUT2D eigenvalue weighted by Crippen LogP contribution is 2.25. The van der Waals surface area contributed by atoms with Gasteiger partial charge in [0.1, 0.15) is 12.0 Å². The molecule has 2 atom stereocenters. The maximum atomic E-state index is 12.7. The van der Waals surface area contributed by atoms with Crippen LogP contribution in [0.15, 0.2) is 66.6 Å². The van der Waals surface area contributed by atoms with Crippen molar-refractivity contribution < 1.29 is 9.18 Å². The lowest BCUT2D eigenvalue weighted by Gasteiger charge is -2.17. The Kier molecular flexibility index (Phi) is 14.0. The van der Waals surface area contributed by atoms with Gasteiger partial charge in [0.15, 0.2) is 0 Å². The van der Waals surface area contributed by atoms with Crippen LogP contribution in [0.1, 0.15) is 51.2 Å². The number of alkyl halides is 1. The number of nitrogens with one attached hydrogen (secondary N) is 3. The quantitative estimate of drug-likeness (QED) is 0.264. The Bertz CT molecular complexity index is 983. The van der Waals surface area contributed by atoms with E-state index in [4.69, 9.17) is 5.73 Å². The average Bonchev–Trinajstić information content (AvgIpc) is 2.85. The number of allylic oxidation sites excluding steroid dienone is 1. The second-order valence-corrected chi connectivity index (χ2v) is 9.15. The van der Waals surface area contributed by atoms with E-state index in [0.29, 0.717) is 31.6 Å². The van der Waals surface area contributed by atoms with Gasteiger partial charge in [-0.25, -0.2) is 4.39 Å². The lowest BCUT2D eigenvalue weighted by Crippen LogP contribution is -2.26. The van der Waals surface area contributed by atoms with E-state index in [1.165, 1.54) is 29.2 Å². The average molecular weight is 497 g/mol. The molecule has 2 aromatic carbocycles. The second-order valence-electron chi connectivity index (χ2n) is 9.15. The van der Waals surface area contributed by atoms with Crippen LogP contribution in [0.3, 0.4) is 0 Å². The van der Waals surface area contributed by atoms with E-state index in [0.717, 1.165) is 17.8 Å². The topological polar surface area (TPSA) is 79.2 Å². The molecule has 0 bridgehead atoms. The van der Waals surface area contributed by atoms with Crippen molar-refractivity contribution in [3.63, 3.8) is 0 Å². The van der Waals surface area contributed by atoms with E-state index in [2.05, 4.69) is 78.8 Å². The molecule has 0 aliphatic carbocycles. The molecule has 2 aromatic rings. The highest BCUT2D eigenvalue weighted by atomic mass is 19.1. The van der Waals surface area contributed by atoms with Gasteiger partial charge < -0.3 is 21.7 Å². The smallest absolute Gasteiger partial charge is 0.136 e. The summed E-state index contributed by atoms with van der Waals surface area (Å²) in [5.41, 5.74) is 13.2. The zero-order valence-corrected chi connectivity index (χ0v) is 22.9. The number of carbonyl (C=O) groups excluding carboxylic acids is 1. The summed E-state index contributed by atoms with van der Waals surface area (Å²) in [7, 11) is 1.84. The normalized spacial score (nSPS) is 12.6. The molecule has 0 heterocycles. The molecule has 5 N–H and O–H groups in total. The first-order chi connectivity index (χ1) is 17.1. The molecule has 0 saturated carbocycles. The van der Waals surface area contributed by atoms with E-state index in [-0.39, 0.29) is 11.7 Å². The Morgan fingerprint density at radius 1 is 1.14 bits per heavy atom. The fourth-order valence-electron chi connectivity index (χ4n) is 3.59. The first kappa shape index (κ1) is 30.8.